The van der Waals surface area contributed by atoms with Gasteiger partial charge in [0.25, 0.3) is 0 Å². The third-order valence-electron chi connectivity index (χ3n) is 5.74. The minimum atomic E-state index is -5.44. The van der Waals surface area contributed by atoms with E-state index in [1.165, 1.54) is 26.1 Å². The zero-order chi connectivity index (χ0) is 29.5. The fraction of sp³-hybridized carbons (Fsp3) is 0.250. The normalized spacial score (nSPS) is 17.8. The third-order valence-corrected chi connectivity index (χ3v) is 7.43. The van der Waals surface area contributed by atoms with Crippen molar-refractivity contribution in [3.05, 3.63) is 82.0 Å². The molecule has 0 spiro atoms. The molecule has 204 valence electrons. The van der Waals surface area contributed by atoms with Gasteiger partial charge in [0.15, 0.2) is 0 Å². The van der Waals surface area contributed by atoms with Crippen LogP contribution in [0.5, 0.6) is 0 Å². The molecule has 3 rings (SSSR count). The molecule has 0 aromatic heterocycles. The molecule has 1 aliphatic heterocycles. The summed E-state index contributed by atoms with van der Waals surface area (Å²) in [5.41, 5.74) is -1.91. The number of nitriles is 1. The average Bonchev–Trinajstić information content (AvgIpc) is 2.84. The van der Waals surface area contributed by atoms with E-state index in [1.54, 1.807) is 6.07 Å². The molecule has 3 amide bonds. The van der Waals surface area contributed by atoms with Crippen molar-refractivity contribution in [2.24, 2.45) is 4.36 Å². The van der Waals surface area contributed by atoms with Crippen LogP contribution in [0.25, 0.3) is 4.85 Å². The number of allylic oxidation sites excluding steroid dienone is 1. The number of likely N-dealkylation sites (N-methyl/N-ethyl adjacent to an activating group) is 1. The van der Waals surface area contributed by atoms with Gasteiger partial charge in [-0.1, -0.05) is 12.1 Å². The largest absolute Gasteiger partial charge is 0.474 e. The molecular formula is C24H17F6N5O3S. The van der Waals surface area contributed by atoms with E-state index in [0.717, 1.165) is 40.3 Å². The molecule has 2 atom stereocenters. The van der Waals surface area contributed by atoms with Gasteiger partial charge in [0.2, 0.25) is 5.70 Å². The van der Waals surface area contributed by atoms with Gasteiger partial charge in [0.1, 0.15) is 0 Å². The predicted octanol–water partition coefficient (Wildman–Crippen LogP) is 5.89. The lowest BCUT2D eigenvalue weighted by molar-refractivity contribution is -0.169. The van der Waals surface area contributed by atoms with Gasteiger partial charge < -0.3 is 4.90 Å². The van der Waals surface area contributed by atoms with Gasteiger partial charge in [-0.05, 0) is 42.8 Å². The number of alkyl halides is 6. The second-order valence-corrected chi connectivity index (χ2v) is 10.6. The first-order valence-corrected chi connectivity index (χ1v) is 12.6. The molecule has 0 unspecified atom stereocenters. The molecule has 0 radical (unpaired) electrons. The number of hydrogen-bond donors (Lipinski definition) is 0. The number of carbonyl (C=O) groups excluding carboxylic acids is 2. The number of urea groups is 1. The molecule has 0 N–H and O–H groups in total. The maximum absolute atomic E-state index is 13.4. The van der Waals surface area contributed by atoms with Crippen LogP contribution in [0.2, 0.25) is 0 Å². The maximum atomic E-state index is 13.4. The number of nitrogens with zero attached hydrogens (tertiary/aromatic N) is 5. The summed E-state index contributed by atoms with van der Waals surface area (Å²) in [7, 11) is -3.00. The van der Waals surface area contributed by atoms with Crippen molar-refractivity contribution in [1.29, 1.82) is 5.26 Å². The summed E-state index contributed by atoms with van der Waals surface area (Å²) in [6, 6.07) is 6.54. The molecular weight excluding hydrogens is 552 g/mol. The SMILES string of the molecule is [C-]#[N+]C1=C(C)N(c2cccc(C(F)(F)F)c2)C(=O)N(C)[C@@H]1c1ccc(C#N)cc1[S@@](C)(=O)=NC(=O)C(F)(F)F. The lowest BCUT2D eigenvalue weighted by Gasteiger charge is -2.40. The van der Waals surface area contributed by atoms with Crippen LogP contribution in [0.4, 0.5) is 36.8 Å². The van der Waals surface area contributed by atoms with E-state index in [4.69, 9.17) is 6.57 Å². The first kappa shape index (κ1) is 29.2. The van der Waals surface area contributed by atoms with E-state index >= 15 is 0 Å². The number of anilines is 1. The van der Waals surface area contributed by atoms with Gasteiger partial charge in [-0.25, -0.2) is 13.8 Å². The first-order chi connectivity index (χ1) is 17.9. The molecule has 1 heterocycles. The molecule has 39 heavy (non-hydrogen) atoms. The van der Waals surface area contributed by atoms with E-state index in [-0.39, 0.29) is 28.2 Å². The summed E-state index contributed by atoms with van der Waals surface area (Å²) >= 11 is 0. The second kappa shape index (κ2) is 10.1. The lowest BCUT2D eigenvalue weighted by atomic mass is 9.97. The minimum Gasteiger partial charge on any atom is -0.325 e. The Bertz CT molecular complexity index is 1610. The number of carbonyl (C=O) groups is 2. The van der Waals surface area contributed by atoms with Crippen LogP contribution in [0.1, 0.15) is 29.7 Å². The van der Waals surface area contributed by atoms with E-state index in [0.29, 0.717) is 6.07 Å². The van der Waals surface area contributed by atoms with Crippen LogP contribution in [-0.4, -0.2) is 40.5 Å². The highest BCUT2D eigenvalue weighted by molar-refractivity contribution is 7.93. The van der Waals surface area contributed by atoms with Crippen LogP contribution in [0.3, 0.4) is 0 Å². The highest BCUT2D eigenvalue weighted by Gasteiger charge is 2.42. The summed E-state index contributed by atoms with van der Waals surface area (Å²) in [5, 5.41) is 9.29. The molecule has 0 saturated carbocycles. The number of halogens is 6. The molecule has 1 aliphatic rings. The summed E-state index contributed by atoms with van der Waals surface area (Å²) in [6.45, 7) is 9.02. The Kier molecular flexibility index (Phi) is 7.54. The van der Waals surface area contributed by atoms with E-state index < -0.39 is 50.5 Å². The van der Waals surface area contributed by atoms with Crippen LogP contribution in [-0.2, 0) is 20.7 Å². The lowest BCUT2D eigenvalue weighted by Crippen LogP contribution is -2.47. The van der Waals surface area contributed by atoms with Gasteiger partial charge in [0, 0.05) is 24.7 Å². The second-order valence-electron chi connectivity index (χ2n) is 8.32. The summed E-state index contributed by atoms with van der Waals surface area (Å²) < 4.78 is 94.7. The topological polar surface area (TPSA) is 98.2 Å². The van der Waals surface area contributed by atoms with Crippen LogP contribution in [0.15, 0.2) is 63.1 Å². The minimum absolute atomic E-state index is 0.0985. The summed E-state index contributed by atoms with van der Waals surface area (Å²) in [6.07, 6.45) is -9.42. The van der Waals surface area contributed by atoms with E-state index in [1.807, 2.05) is 0 Å². The van der Waals surface area contributed by atoms with Gasteiger partial charge >= 0.3 is 24.3 Å². The average molecular weight is 569 g/mol. The quantitative estimate of drug-likeness (QED) is 0.340. The highest BCUT2D eigenvalue weighted by atomic mass is 32.2. The van der Waals surface area contributed by atoms with Gasteiger partial charge in [-0.2, -0.15) is 31.6 Å². The molecule has 0 fully saturated rings. The molecule has 0 bridgehead atoms. The van der Waals surface area contributed by atoms with Crippen LogP contribution >= 0.6 is 0 Å². The first-order valence-electron chi connectivity index (χ1n) is 10.6. The number of hydrogen-bond acceptors (Lipinski definition) is 4. The Hall–Kier alpha value is -4.37. The van der Waals surface area contributed by atoms with E-state index in [9.17, 15) is 45.4 Å². The highest BCUT2D eigenvalue weighted by Crippen LogP contribution is 2.42. The number of rotatable bonds is 3. The predicted molar refractivity (Wildman–Crippen MR) is 126 cm³/mol. The molecule has 0 saturated heterocycles. The van der Waals surface area contributed by atoms with Gasteiger partial charge in [-0.15, -0.1) is 4.36 Å². The number of benzene rings is 2. The Morgan fingerprint density at radius 3 is 2.33 bits per heavy atom. The monoisotopic (exact) mass is 569 g/mol. The van der Waals surface area contributed by atoms with Crippen LogP contribution in [0, 0.1) is 17.9 Å². The van der Waals surface area contributed by atoms with Crippen molar-refractivity contribution in [1.82, 2.24) is 4.90 Å². The van der Waals surface area contributed by atoms with Crippen molar-refractivity contribution in [3.8, 4) is 6.07 Å². The smallest absolute Gasteiger partial charge is 0.325 e. The Morgan fingerprint density at radius 1 is 1.15 bits per heavy atom. The fourth-order valence-electron chi connectivity index (χ4n) is 3.95. The fourth-order valence-corrected chi connectivity index (χ4v) is 5.43. The zero-order valence-electron chi connectivity index (χ0n) is 20.3. The van der Waals surface area contributed by atoms with Crippen molar-refractivity contribution >= 4 is 27.4 Å². The van der Waals surface area contributed by atoms with Gasteiger partial charge in [0.05, 0.1) is 44.4 Å². The van der Waals surface area contributed by atoms with E-state index in [2.05, 4.69) is 9.21 Å². The maximum Gasteiger partial charge on any atom is 0.474 e. The Balaban J connectivity index is 2.29. The Morgan fingerprint density at radius 2 is 1.79 bits per heavy atom. The van der Waals surface area contributed by atoms with Crippen molar-refractivity contribution < 1.29 is 40.1 Å². The number of amides is 3. The summed E-state index contributed by atoms with van der Waals surface area (Å²) in [5.74, 6) is -2.63. The third kappa shape index (κ3) is 5.58. The Labute approximate surface area is 218 Å². The molecule has 0 aliphatic carbocycles. The molecule has 2 aromatic carbocycles. The summed E-state index contributed by atoms with van der Waals surface area (Å²) in [4.78, 5) is 29.7. The zero-order valence-corrected chi connectivity index (χ0v) is 21.1. The standard InChI is InChI=1S/C24H17F6N5O3S/c1-13-19(32-2)20(34(3)22(37)35(13)16-7-5-6-15(11-16)23(25,26)27)17-9-8-14(12-31)10-18(17)39(4,38)33-21(36)24(28,29)30/h5-11,20H,1,3-4H3/t20-,39-/m1/s1. The van der Waals surface area contributed by atoms with Crippen molar-refractivity contribution in [3.63, 3.8) is 0 Å². The van der Waals surface area contributed by atoms with Gasteiger partial charge in [-0.3, -0.25) is 9.69 Å². The van der Waals surface area contributed by atoms with Crippen molar-refractivity contribution in [2.75, 3.05) is 18.2 Å². The van der Waals surface area contributed by atoms with Crippen LogP contribution < -0.4 is 4.90 Å². The molecule has 8 nitrogen and oxygen atoms in total. The molecule has 15 heteroatoms. The molecule has 2 aromatic rings. The van der Waals surface area contributed by atoms with Crippen molar-refractivity contribution in [2.45, 2.75) is 30.2 Å².